The van der Waals surface area contributed by atoms with E-state index in [0.29, 0.717) is 5.56 Å². The van der Waals surface area contributed by atoms with Gasteiger partial charge in [0.2, 0.25) is 5.82 Å². The molecule has 1 aromatic heterocycles. The molecule has 1 unspecified atom stereocenters. The Balaban J connectivity index is 2.72. The van der Waals surface area contributed by atoms with Gasteiger partial charge >= 0.3 is 0 Å². The van der Waals surface area contributed by atoms with Crippen LogP contribution >= 0.6 is 11.3 Å². The van der Waals surface area contributed by atoms with Gasteiger partial charge in [-0.1, -0.05) is 0 Å². The van der Waals surface area contributed by atoms with E-state index in [1.165, 1.54) is 18.4 Å². The molecule has 0 amide bonds. The number of hydrogen-bond acceptors (Lipinski definition) is 2. The van der Waals surface area contributed by atoms with Crippen LogP contribution in [0, 0.1) is 42.9 Å². The first kappa shape index (κ1) is 15.9. The Labute approximate surface area is 122 Å². The first-order chi connectivity index (χ1) is 9.79. The molecule has 114 valence electrons. The fraction of sp³-hybridized carbons (Fsp3) is 0.286. The standard InChI is InChI=1S/C14H12F5NS/c1-5-4-7(6(2)21-5)14(20-3)8-9(15)11(17)13(19)12(18)10(8)16/h4,14,20H,1-3H3. The largest absolute Gasteiger partial charge is 0.309 e. The van der Waals surface area contributed by atoms with Crippen LogP contribution in [-0.2, 0) is 0 Å². The zero-order chi connectivity index (χ0) is 15.9. The van der Waals surface area contributed by atoms with Crippen molar-refractivity contribution in [2.75, 3.05) is 7.05 Å². The topological polar surface area (TPSA) is 12.0 Å². The van der Waals surface area contributed by atoms with Crippen LogP contribution in [0.25, 0.3) is 0 Å². The van der Waals surface area contributed by atoms with Crippen molar-refractivity contribution < 1.29 is 22.0 Å². The van der Waals surface area contributed by atoms with Gasteiger partial charge < -0.3 is 5.32 Å². The van der Waals surface area contributed by atoms with Gasteiger partial charge in [0.15, 0.2) is 23.3 Å². The summed E-state index contributed by atoms with van der Waals surface area (Å²) in [5.74, 6) is -9.65. The van der Waals surface area contributed by atoms with Crippen LogP contribution in [0.3, 0.4) is 0 Å². The highest BCUT2D eigenvalue weighted by Crippen LogP contribution is 2.35. The second kappa shape index (κ2) is 5.73. The molecule has 2 aromatic rings. The maximum atomic E-state index is 13.9. The fourth-order valence-corrected chi connectivity index (χ4v) is 3.23. The predicted octanol–water partition coefficient (Wildman–Crippen LogP) is 4.37. The van der Waals surface area contributed by atoms with Crippen molar-refractivity contribution >= 4 is 11.3 Å². The molecule has 0 saturated carbocycles. The summed E-state index contributed by atoms with van der Waals surface area (Å²) >= 11 is 1.38. The van der Waals surface area contributed by atoms with E-state index in [4.69, 9.17) is 0 Å². The Morgan fingerprint density at radius 1 is 0.905 bits per heavy atom. The third kappa shape index (κ3) is 2.55. The van der Waals surface area contributed by atoms with Crippen molar-refractivity contribution in [3.8, 4) is 0 Å². The Kier molecular flexibility index (Phi) is 4.34. The van der Waals surface area contributed by atoms with Gasteiger partial charge in [-0.2, -0.15) is 0 Å². The van der Waals surface area contributed by atoms with Crippen molar-refractivity contribution in [2.45, 2.75) is 19.9 Å². The highest BCUT2D eigenvalue weighted by molar-refractivity contribution is 7.12. The molecular formula is C14H12F5NS. The summed E-state index contributed by atoms with van der Waals surface area (Å²) in [5.41, 5.74) is -0.377. The highest BCUT2D eigenvalue weighted by Gasteiger charge is 2.31. The van der Waals surface area contributed by atoms with E-state index in [9.17, 15) is 22.0 Å². The monoisotopic (exact) mass is 321 g/mol. The maximum absolute atomic E-state index is 13.9. The minimum atomic E-state index is -2.15. The molecule has 7 heteroatoms. The molecular weight excluding hydrogens is 309 g/mol. The molecule has 1 aromatic carbocycles. The van der Waals surface area contributed by atoms with Crippen LogP contribution < -0.4 is 5.32 Å². The number of rotatable bonds is 3. The average molecular weight is 321 g/mol. The molecule has 1 heterocycles. The van der Waals surface area contributed by atoms with E-state index in [0.717, 1.165) is 9.75 Å². The summed E-state index contributed by atoms with van der Waals surface area (Å²) in [4.78, 5) is 1.63. The van der Waals surface area contributed by atoms with Gasteiger partial charge in [0, 0.05) is 9.75 Å². The van der Waals surface area contributed by atoms with Gasteiger partial charge in [-0.05, 0) is 32.5 Å². The van der Waals surface area contributed by atoms with Crippen LogP contribution in [-0.4, -0.2) is 7.05 Å². The summed E-state index contributed by atoms with van der Waals surface area (Å²) in [7, 11) is 1.40. The van der Waals surface area contributed by atoms with Gasteiger partial charge in [0.05, 0.1) is 11.6 Å². The molecule has 0 aliphatic carbocycles. The van der Waals surface area contributed by atoms with Crippen molar-refractivity contribution in [3.05, 3.63) is 56.0 Å². The summed E-state index contributed by atoms with van der Waals surface area (Å²) in [5, 5.41) is 2.62. The summed E-state index contributed by atoms with van der Waals surface area (Å²) < 4.78 is 67.6. The third-order valence-corrected chi connectivity index (χ3v) is 4.19. The first-order valence-electron chi connectivity index (χ1n) is 6.05. The van der Waals surface area contributed by atoms with E-state index in [1.807, 2.05) is 0 Å². The van der Waals surface area contributed by atoms with Gasteiger partial charge in [0.1, 0.15) is 0 Å². The Hall–Kier alpha value is -1.47. The molecule has 0 radical (unpaired) electrons. The normalized spacial score (nSPS) is 12.8. The first-order valence-corrected chi connectivity index (χ1v) is 6.86. The number of aryl methyl sites for hydroxylation is 2. The van der Waals surface area contributed by atoms with Gasteiger partial charge in [-0.3, -0.25) is 0 Å². The summed E-state index contributed by atoms with van der Waals surface area (Å²) in [6.45, 7) is 3.52. The van der Waals surface area contributed by atoms with Gasteiger partial charge in [-0.15, -0.1) is 11.3 Å². The van der Waals surface area contributed by atoms with Crippen molar-refractivity contribution in [1.82, 2.24) is 5.32 Å². The average Bonchev–Trinajstić information content (AvgIpc) is 2.78. The zero-order valence-electron chi connectivity index (χ0n) is 11.5. The molecule has 2 rings (SSSR count). The van der Waals surface area contributed by atoms with E-state index in [1.54, 1.807) is 19.9 Å². The van der Waals surface area contributed by atoms with Gasteiger partial charge in [0.25, 0.3) is 0 Å². The molecule has 0 saturated heterocycles. The zero-order valence-corrected chi connectivity index (χ0v) is 12.3. The number of hydrogen-bond donors (Lipinski definition) is 1. The SMILES string of the molecule is CNC(c1cc(C)sc1C)c1c(F)c(F)c(F)c(F)c1F. The number of thiophene rings is 1. The summed E-state index contributed by atoms with van der Waals surface area (Å²) in [6, 6.07) is 0.554. The molecule has 1 nitrogen and oxygen atoms in total. The molecule has 0 aliphatic heterocycles. The number of benzene rings is 1. The third-order valence-electron chi connectivity index (χ3n) is 3.21. The quantitative estimate of drug-likeness (QED) is 0.503. The van der Waals surface area contributed by atoms with Crippen LogP contribution in [0.2, 0.25) is 0 Å². The predicted molar refractivity (Wildman–Crippen MR) is 70.9 cm³/mol. The lowest BCUT2D eigenvalue weighted by Crippen LogP contribution is -2.22. The highest BCUT2D eigenvalue weighted by atomic mass is 32.1. The lowest BCUT2D eigenvalue weighted by Gasteiger charge is -2.19. The van der Waals surface area contributed by atoms with Crippen LogP contribution in [0.4, 0.5) is 22.0 Å². The Morgan fingerprint density at radius 2 is 1.38 bits per heavy atom. The van der Waals surface area contributed by atoms with Gasteiger partial charge in [-0.25, -0.2) is 22.0 Å². The summed E-state index contributed by atoms with van der Waals surface area (Å²) in [6.07, 6.45) is 0. The fourth-order valence-electron chi connectivity index (χ4n) is 2.27. The maximum Gasteiger partial charge on any atom is 0.200 e. The second-order valence-corrected chi connectivity index (χ2v) is 6.03. The lowest BCUT2D eigenvalue weighted by atomic mass is 9.97. The van der Waals surface area contributed by atoms with Crippen molar-refractivity contribution in [3.63, 3.8) is 0 Å². The molecule has 0 aliphatic rings. The Morgan fingerprint density at radius 3 is 1.76 bits per heavy atom. The van der Waals surface area contributed by atoms with Crippen molar-refractivity contribution in [1.29, 1.82) is 0 Å². The molecule has 1 N–H and O–H groups in total. The van der Waals surface area contributed by atoms with E-state index in [2.05, 4.69) is 5.32 Å². The lowest BCUT2D eigenvalue weighted by molar-refractivity contribution is 0.364. The minimum absolute atomic E-state index is 0.489. The van der Waals surface area contributed by atoms with Crippen molar-refractivity contribution in [2.24, 2.45) is 0 Å². The van der Waals surface area contributed by atoms with E-state index >= 15 is 0 Å². The molecule has 1 atom stereocenters. The molecule has 0 fully saturated rings. The minimum Gasteiger partial charge on any atom is -0.309 e. The smallest absolute Gasteiger partial charge is 0.200 e. The molecule has 0 spiro atoms. The second-order valence-electron chi connectivity index (χ2n) is 4.57. The molecule has 21 heavy (non-hydrogen) atoms. The van der Waals surface area contributed by atoms with E-state index in [-0.39, 0.29) is 0 Å². The number of nitrogens with one attached hydrogen (secondary N) is 1. The molecule has 0 bridgehead atoms. The van der Waals surface area contributed by atoms with Crippen LogP contribution in [0.1, 0.15) is 26.9 Å². The van der Waals surface area contributed by atoms with Crippen LogP contribution in [0.5, 0.6) is 0 Å². The Bertz CT molecular complexity index is 666. The number of halogens is 5. The van der Waals surface area contributed by atoms with E-state index < -0.39 is 40.7 Å². The van der Waals surface area contributed by atoms with Crippen LogP contribution in [0.15, 0.2) is 6.07 Å².